The van der Waals surface area contributed by atoms with Crippen LogP contribution in [0.1, 0.15) is 17.3 Å². The molecule has 8 nitrogen and oxygen atoms in total. The summed E-state index contributed by atoms with van der Waals surface area (Å²) in [4.78, 5) is 25.1. The summed E-state index contributed by atoms with van der Waals surface area (Å²) in [6.07, 6.45) is -4.53. The molecule has 162 valence electrons. The van der Waals surface area contributed by atoms with Crippen molar-refractivity contribution in [1.29, 1.82) is 0 Å². The van der Waals surface area contributed by atoms with E-state index in [1.165, 1.54) is 28.6 Å². The number of carbonyl (C=O) groups excluding carboxylic acids is 2. The number of alkyl halides is 3. The van der Waals surface area contributed by atoms with Gasteiger partial charge in [0.15, 0.2) is 0 Å². The van der Waals surface area contributed by atoms with Crippen LogP contribution in [-0.4, -0.2) is 81.4 Å². The molecule has 0 unspecified atom stereocenters. The third-order valence-electron chi connectivity index (χ3n) is 4.28. The number of carbonyl (C=O) groups is 2. The Morgan fingerprint density at radius 3 is 2.14 bits per heavy atom. The summed E-state index contributed by atoms with van der Waals surface area (Å²) in [5.41, 5.74) is -0.0695. The van der Waals surface area contributed by atoms with E-state index in [-0.39, 0.29) is 36.0 Å². The summed E-state index contributed by atoms with van der Waals surface area (Å²) in [6, 6.07) is 4.73. The normalized spacial score (nSPS) is 16.4. The quantitative estimate of drug-likeness (QED) is 0.646. The Morgan fingerprint density at radius 2 is 1.62 bits per heavy atom. The molecule has 0 bridgehead atoms. The fraction of sp³-hybridized carbons (Fsp3) is 0.529. The van der Waals surface area contributed by atoms with Crippen molar-refractivity contribution in [1.82, 2.24) is 19.8 Å². The Morgan fingerprint density at radius 1 is 1.03 bits per heavy atom. The Labute approximate surface area is 167 Å². The van der Waals surface area contributed by atoms with E-state index >= 15 is 0 Å². The minimum Gasteiger partial charge on any atom is -0.355 e. The van der Waals surface area contributed by atoms with E-state index < -0.39 is 28.7 Å². The molecule has 1 aromatic carbocycles. The summed E-state index contributed by atoms with van der Waals surface area (Å²) >= 11 is 0. The van der Waals surface area contributed by atoms with Crippen LogP contribution in [0.25, 0.3) is 0 Å². The Bertz CT molecular complexity index is 820. The molecule has 1 aromatic rings. The van der Waals surface area contributed by atoms with Crippen LogP contribution in [-0.2, 0) is 14.8 Å². The first-order valence-electron chi connectivity index (χ1n) is 8.97. The lowest BCUT2D eigenvalue weighted by atomic mass is 10.2. The maximum Gasteiger partial charge on any atom is 0.405 e. The average molecular weight is 436 g/mol. The van der Waals surface area contributed by atoms with Crippen molar-refractivity contribution in [3.05, 3.63) is 29.8 Å². The molecule has 12 heteroatoms. The van der Waals surface area contributed by atoms with Crippen LogP contribution in [0.3, 0.4) is 0 Å². The fourth-order valence-corrected chi connectivity index (χ4v) is 4.22. The van der Waals surface area contributed by atoms with Crippen LogP contribution in [0, 0.1) is 0 Å². The number of piperazine rings is 1. The summed E-state index contributed by atoms with van der Waals surface area (Å²) < 4.78 is 63.3. The van der Waals surface area contributed by atoms with Crippen molar-refractivity contribution in [3.63, 3.8) is 0 Å². The van der Waals surface area contributed by atoms with Crippen molar-refractivity contribution in [2.45, 2.75) is 18.0 Å². The molecule has 29 heavy (non-hydrogen) atoms. The largest absolute Gasteiger partial charge is 0.405 e. The molecular weight excluding hydrogens is 413 g/mol. The minimum absolute atomic E-state index is 0.0537. The number of rotatable bonds is 7. The Kier molecular flexibility index (Phi) is 7.60. The van der Waals surface area contributed by atoms with Gasteiger partial charge in [0.1, 0.15) is 6.54 Å². The average Bonchev–Trinajstić information content (AvgIpc) is 2.66. The molecule has 2 rings (SSSR count). The molecule has 0 aliphatic carbocycles. The number of halogens is 3. The number of nitrogens with one attached hydrogen (secondary N) is 2. The van der Waals surface area contributed by atoms with Gasteiger partial charge in [-0.25, -0.2) is 8.42 Å². The molecular formula is C17H23F3N4O4S. The molecule has 0 spiro atoms. The molecule has 2 amide bonds. The highest BCUT2D eigenvalue weighted by atomic mass is 32.2. The number of hydrogen-bond donors (Lipinski definition) is 2. The minimum atomic E-state index is -4.53. The first kappa shape index (κ1) is 23.1. The second kappa shape index (κ2) is 9.55. The van der Waals surface area contributed by atoms with Crippen LogP contribution in [0.5, 0.6) is 0 Å². The predicted octanol–water partition coefficient (Wildman–Crippen LogP) is 0.421. The van der Waals surface area contributed by atoms with Crippen molar-refractivity contribution >= 4 is 21.8 Å². The topological polar surface area (TPSA) is 98.8 Å². The third kappa shape index (κ3) is 6.68. The maximum absolute atomic E-state index is 12.7. The number of amides is 2. The van der Waals surface area contributed by atoms with E-state index in [1.54, 1.807) is 5.32 Å². The van der Waals surface area contributed by atoms with Crippen molar-refractivity contribution in [2.24, 2.45) is 0 Å². The highest BCUT2D eigenvalue weighted by Crippen LogP contribution is 2.19. The number of nitrogens with zero attached hydrogens (tertiary/aromatic N) is 2. The summed E-state index contributed by atoms with van der Waals surface area (Å²) in [7, 11) is -3.81. The molecule has 0 aromatic heterocycles. The first-order chi connectivity index (χ1) is 13.5. The molecule has 1 saturated heterocycles. The van der Waals surface area contributed by atoms with E-state index in [4.69, 9.17) is 0 Å². The smallest absolute Gasteiger partial charge is 0.355 e. The van der Waals surface area contributed by atoms with Gasteiger partial charge < -0.3 is 10.6 Å². The first-order valence-corrected chi connectivity index (χ1v) is 10.4. The zero-order valence-electron chi connectivity index (χ0n) is 15.8. The molecule has 0 saturated carbocycles. The van der Waals surface area contributed by atoms with E-state index in [1.807, 2.05) is 11.8 Å². The second-order valence-corrected chi connectivity index (χ2v) is 8.39. The lowest BCUT2D eigenvalue weighted by Crippen LogP contribution is -2.51. The SMILES string of the molecule is CCNC(=O)CN1CCN(S(=O)(=O)c2ccc(C(=O)NCC(F)(F)F)cc2)CC1. The second-order valence-electron chi connectivity index (χ2n) is 6.46. The third-order valence-corrected chi connectivity index (χ3v) is 6.19. The van der Waals surface area contributed by atoms with Gasteiger partial charge >= 0.3 is 6.18 Å². The number of sulfonamides is 1. The number of hydrogen-bond acceptors (Lipinski definition) is 5. The lowest BCUT2D eigenvalue weighted by Gasteiger charge is -2.33. The Balaban J connectivity index is 1.96. The van der Waals surface area contributed by atoms with Gasteiger partial charge in [0.25, 0.3) is 5.91 Å². The number of likely N-dealkylation sites (N-methyl/N-ethyl adjacent to an activating group) is 1. The van der Waals surface area contributed by atoms with Crippen LogP contribution in [0.4, 0.5) is 13.2 Å². The summed E-state index contributed by atoms with van der Waals surface area (Å²) in [5, 5.41) is 4.41. The molecule has 2 N–H and O–H groups in total. The van der Waals surface area contributed by atoms with Gasteiger partial charge in [0.05, 0.1) is 11.4 Å². The van der Waals surface area contributed by atoms with Crippen molar-refractivity contribution < 1.29 is 31.2 Å². The monoisotopic (exact) mass is 436 g/mol. The van der Waals surface area contributed by atoms with Gasteiger partial charge in [-0.1, -0.05) is 0 Å². The van der Waals surface area contributed by atoms with Gasteiger partial charge in [0.2, 0.25) is 15.9 Å². The van der Waals surface area contributed by atoms with E-state index in [0.717, 1.165) is 0 Å². The van der Waals surface area contributed by atoms with Crippen molar-refractivity contribution in [2.75, 3.05) is 45.8 Å². The maximum atomic E-state index is 12.7. The standard InChI is InChI=1S/C17H23F3N4O4S/c1-2-21-15(25)11-23-7-9-24(10-8-23)29(27,28)14-5-3-13(4-6-14)16(26)22-12-17(18,19)20/h3-6H,2,7-12H2,1H3,(H,21,25)(H,22,26). The van der Waals surface area contributed by atoms with E-state index in [2.05, 4.69) is 5.32 Å². The molecule has 1 aliphatic heterocycles. The predicted molar refractivity (Wildman–Crippen MR) is 98.7 cm³/mol. The van der Waals surface area contributed by atoms with Gasteiger partial charge in [-0.3, -0.25) is 14.5 Å². The molecule has 0 radical (unpaired) electrons. The van der Waals surface area contributed by atoms with E-state index in [0.29, 0.717) is 19.6 Å². The Hall–Kier alpha value is -2.18. The molecule has 1 heterocycles. The van der Waals surface area contributed by atoms with Crippen molar-refractivity contribution in [3.8, 4) is 0 Å². The highest BCUT2D eigenvalue weighted by molar-refractivity contribution is 7.89. The zero-order valence-corrected chi connectivity index (χ0v) is 16.6. The highest BCUT2D eigenvalue weighted by Gasteiger charge is 2.30. The van der Waals surface area contributed by atoms with Gasteiger partial charge in [-0.2, -0.15) is 17.5 Å². The summed E-state index contributed by atoms with van der Waals surface area (Å²) in [6.45, 7) is 2.27. The fourth-order valence-electron chi connectivity index (χ4n) is 2.79. The van der Waals surface area contributed by atoms with E-state index in [9.17, 15) is 31.2 Å². The van der Waals surface area contributed by atoms with Crippen LogP contribution < -0.4 is 10.6 Å². The zero-order chi connectivity index (χ0) is 21.7. The molecule has 1 fully saturated rings. The lowest BCUT2D eigenvalue weighted by molar-refractivity contribution is -0.123. The number of benzene rings is 1. The van der Waals surface area contributed by atoms with Gasteiger partial charge in [0, 0.05) is 38.3 Å². The molecule has 1 aliphatic rings. The molecule has 0 atom stereocenters. The van der Waals surface area contributed by atoms with Gasteiger partial charge in [-0.15, -0.1) is 0 Å². The van der Waals surface area contributed by atoms with Crippen LogP contribution in [0.2, 0.25) is 0 Å². The summed E-state index contributed by atoms with van der Waals surface area (Å²) in [5.74, 6) is -1.06. The van der Waals surface area contributed by atoms with Crippen LogP contribution >= 0.6 is 0 Å². The van der Waals surface area contributed by atoms with Gasteiger partial charge in [-0.05, 0) is 31.2 Å². The van der Waals surface area contributed by atoms with Crippen LogP contribution in [0.15, 0.2) is 29.2 Å².